The Labute approximate surface area is 143 Å². The number of halogens is 1. The van der Waals surface area contributed by atoms with E-state index >= 15 is 0 Å². The van der Waals surface area contributed by atoms with E-state index in [0.717, 1.165) is 25.1 Å². The van der Waals surface area contributed by atoms with Gasteiger partial charge in [-0.15, -0.1) is 0 Å². The van der Waals surface area contributed by atoms with Crippen LogP contribution < -0.4 is 5.32 Å². The van der Waals surface area contributed by atoms with E-state index < -0.39 is 0 Å². The minimum absolute atomic E-state index is 0.0185. The molecule has 4 heteroatoms. The molecule has 0 aliphatic heterocycles. The fraction of sp³-hybridized carbons (Fsp3) is 0.350. The first-order valence-corrected chi connectivity index (χ1v) is 8.37. The molecule has 24 heavy (non-hydrogen) atoms. The number of hydrogen-bond donors (Lipinski definition) is 1. The van der Waals surface area contributed by atoms with Crippen LogP contribution >= 0.6 is 0 Å². The van der Waals surface area contributed by atoms with Gasteiger partial charge in [0.15, 0.2) is 0 Å². The summed E-state index contributed by atoms with van der Waals surface area (Å²) in [5.41, 5.74) is 2.15. The predicted octanol–water partition coefficient (Wildman–Crippen LogP) is 3.40. The van der Waals surface area contributed by atoms with Crippen LogP contribution in [0.5, 0.6) is 0 Å². The molecule has 0 atom stereocenters. The first-order chi connectivity index (χ1) is 11.6. The SMILES string of the molecule is CN(CCCNC(=O)CCc1cccc(F)c1)Cc1ccccc1. The van der Waals surface area contributed by atoms with Crippen molar-refractivity contribution in [3.63, 3.8) is 0 Å². The topological polar surface area (TPSA) is 32.3 Å². The van der Waals surface area contributed by atoms with E-state index in [1.54, 1.807) is 6.07 Å². The molecular weight excluding hydrogens is 303 g/mol. The summed E-state index contributed by atoms with van der Waals surface area (Å²) in [6.07, 6.45) is 1.87. The third-order valence-electron chi connectivity index (χ3n) is 3.86. The molecule has 0 unspecified atom stereocenters. The maximum absolute atomic E-state index is 13.1. The van der Waals surface area contributed by atoms with Crippen LogP contribution in [-0.4, -0.2) is 30.9 Å². The van der Waals surface area contributed by atoms with Crippen molar-refractivity contribution in [2.45, 2.75) is 25.8 Å². The average molecular weight is 328 g/mol. The second-order valence-corrected chi connectivity index (χ2v) is 6.06. The molecule has 0 spiro atoms. The number of rotatable bonds is 9. The third-order valence-corrected chi connectivity index (χ3v) is 3.86. The van der Waals surface area contributed by atoms with Gasteiger partial charge in [-0.05, 0) is 49.7 Å². The molecule has 0 heterocycles. The summed E-state index contributed by atoms with van der Waals surface area (Å²) >= 11 is 0. The van der Waals surface area contributed by atoms with E-state index in [4.69, 9.17) is 0 Å². The van der Waals surface area contributed by atoms with Gasteiger partial charge in [0.25, 0.3) is 0 Å². The number of carbonyl (C=O) groups excluding carboxylic acids is 1. The Kier molecular flexibility index (Phi) is 7.43. The Morgan fingerprint density at radius 3 is 2.58 bits per heavy atom. The highest BCUT2D eigenvalue weighted by atomic mass is 19.1. The van der Waals surface area contributed by atoms with Crippen LogP contribution in [0.15, 0.2) is 54.6 Å². The molecule has 0 aromatic heterocycles. The second kappa shape index (κ2) is 9.83. The van der Waals surface area contributed by atoms with Crippen molar-refractivity contribution in [3.8, 4) is 0 Å². The molecule has 128 valence electrons. The van der Waals surface area contributed by atoms with E-state index in [9.17, 15) is 9.18 Å². The smallest absolute Gasteiger partial charge is 0.220 e. The Hall–Kier alpha value is -2.20. The van der Waals surface area contributed by atoms with Gasteiger partial charge in [-0.1, -0.05) is 42.5 Å². The molecular formula is C20H25FN2O. The fourth-order valence-corrected chi connectivity index (χ4v) is 2.59. The van der Waals surface area contributed by atoms with Crippen molar-refractivity contribution in [1.29, 1.82) is 0 Å². The molecule has 2 aromatic carbocycles. The van der Waals surface area contributed by atoms with E-state index in [2.05, 4.69) is 29.4 Å². The lowest BCUT2D eigenvalue weighted by Gasteiger charge is -2.16. The highest BCUT2D eigenvalue weighted by Gasteiger charge is 2.04. The number of carbonyl (C=O) groups is 1. The highest BCUT2D eigenvalue weighted by molar-refractivity contribution is 5.76. The van der Waals surface area contributed by atoms with Crippen molar-refractivity contribution < 1.29 is 9.18 Å². The molecule has 0 saturated carbocycles. The van der Waals surface area contributed by atoms with Gasteiger partial charge < -0.3 is 10.2 Å². The largest absolute Gasteiger partial charge is 0.356 e. The Bertz CT molecular complexity index is 631. The molecule has 0 bridgehead atoms. The van der Waals surface area contributed by atoms with Crippen LogP contribution in [-0.2, 0) is 17.8 Å². The zero-order valence-electron chi connectivity index (χ0n) is 14.2. The number of benzene rings is 2. The summed E-state index contributed by atoms with van der Waals surface area (Å²) in [6.45, 7) is 2.51. The minimum atomic E-state index is -0.255. The van der Waals surface area contributed by atoms with Crippen LogP contribution in [0.2, 0.25) is 0 Å². The summed E-state index contributed by atoms with van der Waals surface area (Å²) in [6, 6.07) is 16.7. The maximum Gasteiger partial charge on any atom is 0.220 e. The van der Waals surface area contributed by atoms with Crippen LogP contribution in [0.1, 0.15) is 24.0 Å². The van der Waals surface area contributed by atoms with Gasteiger partial charge in [-0.3, -0.25) is 4.79 Å². The van der Waals surface area contributed by atoms with Gasteiger partial charge in [0.1, 0.15) is 5.82 Å². The van der Waals surface area contributed by atoms with Crippen molar-refractivity contribution in [1.82, 2.24) is 10.2 Å². The molecule has 2 rings (SSSR count). The lowest BCUT2D eigenvalue weighted by Crippen LogP contribution is -2.28. The first kappa shape index (κ1) is 18.1. The second-order valence-electron chi connectivity index (χ2n) is 6.06. The van der Waals surface area contributed by atoms with Gasteiger partial charge in [-0.2, -0.15) is 0 Å². The van der Waals surface area contributed by atoms with E-state index in [-0.39, 0.29) is 11.7 Å². The number of nitrogens with one attached hydrogen (secondary N) is 1. The van der Waals surface area contributed by atoms with Crippen LogP contribution in [0.4, 0.5) is 4.39 Å². The van der Waals surface area contributed by atoms with Gasteiger partial charge in [-0.25, -0.2) is 4.39 Å². The Morgan fingerprint density at radius 2 is 1.83 bits per heavy atom. The third kappa shape index (κ3) is 6.92. The monoisotopic (exact) mass is 328 g/mol. The molecule has 1 amide bonds. The number of nitrogens with zero attached hydrogens (tertiary/aromatic N) is 1. The normalized spacial score (nSPS) is 10.8. The van der Waals surface area contributed by atoms with Crippen molar-refractivity contribution in [2.75, 3.05) is 20.1 Å². The number of amides is 1. The fourth-order valence-electron chi connectivity index (χ4n) is 2.59. The van der Waals surface area contributed by atoms with Crippen molar-refractivity contribution in [2.24, 2.45) is 0 Å². The van der Waals surface area contributed by atoms with E-state index in [1.807, 2.05) is 24.3 Å². The average Bonchev–Trinajstić information content (AvgIpc) is 2.58. The van der Waals surface area contributed by atoms with Gasteiger partial charge in [0, 0.05) is 19.5 Å². The molecule has 0 aliphatic carbocycles. The zero-order valence-corrected chi connectivity index (χ0v) is 14.2. The summed E-state index contributed by atoms with van der Waals surface area (Å²) in [4.78, 5) is 14.1. The summed E-state index contributed by atoms with van der Waals surface area (Å²) in [5, 5.41) is 2.93. The minimum Gasteiger partial charge on any atom is -0.356 e. The number of hydrogen-bond acceptors (Lipinski definition) is 2. The quantitative estimate of drug-likeness (QED) is 0.716. The molecule has 0 saturated heterocycles. The molecule has 0 aliphatic rings. The Balaban J connectivity index is 1.57. The standard InChI is InChI=1S/C20H25FN2O/c1-23(16-18-7-3-2-4-8-18)14-6-13-22-20(24)12-11-17-9-5-10-19(21)15-17/h2-5,7-10,15H,6,11-14,16H2,1H3,(H,22,24). The zero-order chi connectivity index (χ0) is 17.2. The van der Waals surface area contributed by atoms with E-state index in [1.165, 1.54) is 17.7 Å². The Morgan fingerprint density at radius 1 is 1.08 bits per heavy atom. The highest BCUT2D eigenvalue weighted by Crippen LogP contribution is 2.06. The molecule has 1 N–H and O–H groups in total. The molecule has 0 fully saturated rings. The predicted molar refractivity (Wildman–Crippen MR) is 95.1 cm³/mol. The van der Waals surface area contributed by atoms with E-state index in [0.29, 0.717) is 19.4 Å². The number of aryl methyl sites for hydroxylation is 1. The van der Waals surface area contributed by atoms with Crippen molar-refractivity contribution in [3.05, 3.63) is 71.5 Å². The van der Waals surface area contributed by atoms with Gasteiger partial charge >= 0.3 is 0 Å². The lowest BCUT2D eigenvalue weighted by atomic mass is 10.1. The van der Waals surface area contributed by atoms with Crippen LogP contribution in [0, 0.1) is 5.82 Å². The maximum atomic E-state index is 13.1. The van der Waals surface area contributed by atoms with Gasteiger partial charge in [0.2, 0.25) is 5.91 Å². The molecule has 0 radical (unpaired) electrons. The summed E-state index contributed by atoms with van der Waals surface area (Å²) < 4.78 is 13.1. The summed E-state index contributed by atoms with van der Waals surface area (Å²) in [7, 11) is 2.08. The van der Waals surface area contributed by atoms with Crippen LogP contribution in [0.3, 0.4) is 0 Å². The van der Waals surface area contributed by atoms with Crippen LogP contribution in [0.25, 0.3) is 0 Å². The summed E-state index contributed by atoms with van der Waals surface area (Å²) in [5.74, 6) is -0.237. The van der Waals surface area contributed by atoms with Crippen molar-refractivity contribution >= 4 is 5.91 Å². The van der Waals surface area contributed by atoms with Gasteiger partial charge in [0.05, 0.1) is 0 Å². The molecule has 2 aromatic rings. The first-order valence-electron chi connectivity index (χ1n) is 8.37. The molecule has 3 nitrogen and oxygen atoms in total. The lowest BCUT2D eigenvalue weighted by molar-refractivity contribution is -0.121.